The molecule has 0 spiro atoms. The van der Waals surface area contributed by atoms with Gasteiger partial charge in [-0.25, -0.2) is 4.39 Å². The van der Waals surface area contributed by atoms with E-state index in [0.717, 1.165) is 5.69 Å². The first-order chi connectivity index (χ1) is 18.9. The number of morpholine rings is 1. The van der Waals surface area contributed by atoms with Crippen LogP contribution in [0.2, 0.25) is 5.02 Å². The Morgan fingerprint density at radius 2 is 1.49 bits per heavy atom. The Hall–Kier alpha value is -3.95. The molecule has 39 heavy (non-hydrogen) atoms. The van der Waals surface area contributed by atoms with Crippen molar-refractivity contribution in [3.63, 3.8) is 0 Å². The third kappa shape index (κ3) is 6.05. The monoisotopic (exact) mass is 550 g/mol. The molecule has 0 aromatic heterocycles. The molecule has 2 saturated heterocycles. The summed E-state index contributed by atoms with van der Waals surface area (Å²) in [5.41, 5.74) is 2.30. The van der Waals surface area contributed by atoms with Crippen molar-refractivity contribution in [1.29, 1.82) is 0 Å². The van der Waals surface area contributed by atoms with Crippen LogP contribution < -0.4 is 10.2 Å². The molecular formula is C29H28ClFN4O4. The molecule has 0 radical (unpaired) electrons. The van der Waals surface area contributed by atoms with E-state index in [1.807, 2.05) is 6.07 Å². The van der Waals surface area contributed by atoms with Gasteiger partial charge in [0.1, 0.15) is 5.82 Å². The van der Waals surface area contributed by atoms with Crippen molar-refractivity contribution in [1.82, 2.24) is 9.80 Å². The highest BCUT2D eigenvalue weighted by Gasteiger charge is 2.28. The topological polar surface area (TPSA) is 82.2 Å². The summed E-state index contributed by atoms with van der Waals surface area (Å²) in [5.74, 6) is -1.20. The zero-order valence-corrected chi connectivity index (χ0v) is 22.0. The van der Waals surface area contributed by atoms with Gasteiger partial charge in [0.15, 0.2) is 0 Å². The Balaban J connectivity index is 1.36. The molecule has 2 heterocycles. The molecular weight excluding hydrogens is 523 g/mol. The van der Waals surface area contributed by atoms with Crippen LogP contribution in [0, 0.1) is 5.82 Å². The number of ether oxygens (including phenoxy) is 1. The van der Waals surface area contributed by atoms with Crippen molar-refractivity contribution in [3.8, 4) is 0 Å². The zero-order chi connectivity index (χ0) is 27.4. The van der Waals surface area contributed by atoms with Crippen molar-refractivity contribution in [3.05, 3.63) is 94.3 Å². The summed E-state index contributed by atoms with van der Waals surface area (Å²) >= 11 is 6.19. The SMILES string of the molecule is O=C(Nc1ccc(N2CCN(C(=O)c3cccc(F)c3)CC2)c(C(=O)N2CCOCC2)c1)c1ccccc1Cl. The second kappa shape index (κ2) is 11.8. The fourth-order valence-electron chi connectivity index (χ4n) is 4.80. The summed E-state index contributed by atoms with van der Waals surface area (Å²) in [7, 11) is 0. The van der Waals surface area contributed by atoms with Crippen molar-refractivity contribution < 1.29 is 23.5 Å². The van der Waals surface area contributed by atoms with Crippen molar-refractivity contribution in [2.45, 2.75) is 0 Å². The number of rotatable bonds is 5. The van der Waals surface area contributed by atoms with Crippen LogP contribution >= 0.6 is 11.6 Å². The van der Waals surface area contributed by atoms with Gasteiger partial charge in [-0.1, -0.05) is 29.8 Å². The third-order valence-corrected chi connectivity index (χ3v) is 7.21. The van der Waals surface area contributed by atoms with E-state index in [9.17, 15) is 18.8 Å². The first kappa shape index (κ1) is 26.6. The van der Waals surface area contributed by atoms with Gasteiger partial charge in [0.25, 0.3) is 17.7 Å². The van der Waals surface area contributed by atoms with Crippen LogP contribution in [-0.4, -0.2) is 80.0 Å². The van der Waals surface area contributed by atoms with Crippen LogP contribution in [-0.2, 0) is 4.74 Å². The molecule has 0 bridgehead atoms. The number of nitrogens with one attached hydrogen (secondary N) is 1. The molecule has 1 N–H and O–H groups in total. The third-order valence-electron chi connectivity index (χ3n) is 6.88. The second-order valence-electron chi connectivity index (χ2n) is 9.36. The molecule has 8 nitrogen and oxygen atoms in total. The standard InChI is InChI=1S/C29H28ClFN4O4/c30-25-7-2-1-6-23(25)27(36)32-22-8-9-26(24(19-22)29(38)35-14-16-39-17-15-35)33-10-12-34(13-11-33)28(37)20-4-3-5-21(31)18-20/h1-9,18-19H,10-17H2,(H,32,36). The number of piperazine rings is 1. The number of nitrogens with zero attached hydrogens (tertiary/aromatic N) is 3. The number of anilines is 2. The van der Waals surface area contributed by atoms with Crippen LogP contribution in [0.25, 0.3) is 0 Å². The van der Waals surface area contributed by atoms with Crippen LogP contribution in [0.1, 0.15) is 31.1 Å². The highest BCUT2D eigenvalue weighted by molar-refractivity contribution is 6.34. The van der Waals surface area contributed by atoms with Gasteiger partial charge in [-0.3, -0.25) is 14.4 Å². The van der Waals surface area contributed by atoms with E-state index in [-0.39, 0.29) is 17.7 Å². The summed E-state index contributed by atoms with van der Waals surface area (Å²) in [6.07, 6.45) is 0. The van der Waals surface area contributed by atoms with Gasteiger partial charge < -0.3 is 24.8 Å². The summed E-state index contributed by atoms with van der Waals surface area (Å²) in [5, 5.41) is 3.19. The lowest BCUT2D eigenvalue weighted by Gasteiger charge is -2.37. The van der Waals surface area contributed by atoms with Gasteiger partial charge in [-0.15, -0.1) is 0 Å². The Kier molecular flexibility index (Phi) is 8.09. The van der Waals surface area contributed by atoms with Gasteiger partial charge in [0.05, 0.1) is 29.4 Å². The number of benzene rings is 3. The molecule has 0 saturated carbocycles. The summed E-state index contributed by atoms with van der Waals surface area (Å²) in [6.45, 7) is 3.72. The minimum Gasteiger partial charge on any atom is -0.378 e. The van der Waals surface area contributed by atoms with E-state index in [2.05, 4.69) is 10.2 Å². The molecule has 0 aliphatic carbocycles. The fourth-order valence-corrected chi connectivity index (χ4v) is 5.02. The number of amides is 3. The van der Waals surface area contributed by atoms with E-state index in [1.54, 1.807) is 52.3 Å². The maximum absolute atomic E-state index is 13.6. The lowest BCUT2D eigenvalue weighted by atomic mass is 10.1. The number of carbonyl (C=O) groups excluding carboxylic acids is 3. The van der Waals surface area contributed by atoms with Crippen molar-refractivity contribution in [2.24, 2.45) is 0 Å². The van der Waals surface area contributed by atoms with E-state index in [4.69, 9.17) is 16.3 Å². The normalized spacial score (nSPS) is 15.7. The molecule has 5 rings (SSSR count). The minimum absolute atomic E-state index is 0.152. The molecule has 2 aliphatic heterocycles. The van der Waals surface area contributed by atoms with Gasteiger partial charge >= 0.3 is 0 Å². The highest BCUT2D eigenvalue weighted by atomic mass is 35.5. The molecule has 0 atom stereocenters. The van der Waals surface area contributed by atoms with Gasteiger partial charge in [-0.2, -0.15) is 0 Å². The maximum Gasteiger partial charge on any atom is 0.257 e. The largest absolute Gasteiger partial charge is 0.378 e. The Morgan fingerprint density at radius 3 is 2.21 bits per heavy atom. The van der Waals surface area contributed by atoms with E-state index in [0.29, 0.717) is 79.9 Å². The summed E-state index contributed by atoms with van der Waals surface area (Å²) in [4.78, 5) is 44.9. The first-order valence-corrected chi connectivity index (χ1v) is 13.2. The number of carbonyl (C=O) groups is 3. The van der Waals surface area contributed by atoms with Crippen molar-refractivity contribution in [2.75, 3.05) is 62.7 Å². The molecule has 2 fully saturated rings. The molecule has 3 amide bonds. The predicted molar refractivity (Wildman–Crippen MR) is 147 cm³/mol. The van der Waals surface area contributed by atoms with Crippen LogP contribution in [0.5, 0.6) is 0 Å². The number of halogens is 2. The van der Waals surface area contributed by atoms with E-state index >= 15 is 0 Å². The molecule has 202 valence electrons. The van der Waals surface area contributed by atoms with E-state index < -0.39 is 5.82 Å². The lowest BCUT2D eigenvalue weighted by molar-refractivity contribution is 0.0303. The van der Waals surface area contributed by atoms with Crippen LogP contribution in [0.15, 0.2) is 66.7 Å². The number of hydrogen-bond acceptors (Lipinski definition) is 5. The molecule has 3 aromatic rings. The first-order valence-electron chi connectivity index (χ1n) is 12.8. The smallest absolute Gasteiger partial charge is 0.257 e. The second-order valence-corrected chi connectivity index (χ2v) is 9.77. The average Bonchev–Trinajstić information content (AvgIpc) is 2.97. The Morgan fingerprint density at radius 1 is 0.769 bits per heavy atom. The highest BCUT2D eigenvalue weighted by Crippen LogP contribution is 2.28. The molecule has 2 aliphatic rings. The lowest BCUT2D eigenvalue weighted by Crippen LogP contribution is -2.49. The molecule has 3 aromatic carbocycles. The minimum atomic E-state index is -0.451. The summed E-state index contributed by atoms with van der Waals surface area (Å²) in [6, 6.07) is 17.7. The Bertz CT molecular complexity index is 1390. The van der Waals surface area contributed by atoms with Crippen LogP contribution in [0.3, 0.4) is 0 Å². The van der Waals surface area contributed by atoms with Crippen molar-refractivity contribution >= 4 is 40.7 Å². The van der Waals surface area contributed by atoms with Crippen LogP contribution in [0.4, 0.5) is 15.8 Å². The van der Waals surface area contributed by atoms with Gasteiger partial charge in [-0.05, 0) is 48.5 Å². The summed E-state index contributed by atoms with van der Waals surface area (Å²) < 4.78 is 19.0. The number of hydrogen-bond donors (Lipinski definition) is 1. The van der Waals surface area contributed by atoms with Gasteiger partial charge in [0.2, 0.25) is 0 Å². The fraction of sp³-hybridized carbons (Fsp3) is 0.276. The quantitative estimate of drug-likeness (QED) is 0.516. The zero-order valence-electron chi connectivity index (χ0n) is 21.2. The molecule has 0 unspecified atom stereocenters. The predicted octanol–water partition coefficient (Wildman–Crippen LogP) is 4.17. The molecule has 10 heteroatoms. The van der Waals surface area contributed by atoms with E-state index in [1.165, 1.54) is 18.2 Å². The maximum atomic E-state index is 13.6. The Labute approximate surface area is 230 Å². The average molecular weight is 551 g/mol. The van der Waals surface area contributed by atoms with Gasteiger partial charge in [0, 0.05) is 56.2 Å².